The molecule has 3 aromatic rings. The number of nitro groups is 1. The number of hydrogen-bond acceptors (Lipinski definition) is 8. The number of sulfonamides is 1. The Morgan fingerprint density at radius 1 is 1.21 bits per heavy atom. The van der Waals surface area contributed by atoms with Crippen molar-refractivity contribution >= 4 is 43.1 Å². The van der Waals surface area contributed by atoms with E-state index in [4.69, 9.17) is 16.4 Å². The lowest BCUT2D eigenvalue weighted by molar-refractivity contribution is -0.380. The predicted molar refractivity (Wildman–Crippen MR) is 102 cm³/mol. The number of hydrogen-bond donors (Lipinski definition) is 0. The molecule has 0 spiro atoms. The third-order valence-corrected chi connectivity index (χ3v) is 6.25. The molecule has 2 aromatic carbocycles. The number of nitriles is 1. The van der Waals surface area contributed by atoms with Gasteiger partial charge in [-0.2, -0.15) is 13.7 Å². The van der Waals surface area contributed by atoms with Crippen molar-refractivity contribution in [3.63, 3.8) is 0 Å². The fourth-order valence-corrected chi connectivity index (χ4v) is 4.41. The molecule has 1 heterocycles. The Hall–Kier alpha value is -3.20. The van der Waals surface area contributed by atoms with Crippen molar-refractivity contribution in [1.29, 1.82) is 5.26 Å². The van der Waals surface area contributed by atoms with E-state index in [9.17, 15) is 23.8 Å². The van der Waals surface area contributed by atoms with E-state index in [0.717, 1.165) is 6.20 Å². The number of anilines is 1. The summed E-state index contributed by atoms with van der Waals surface area (Å²) in [7, 11) is -4.32. The summed E-state index contributed by atoms with van der Waals surface area (Å²) in [6.45, 7) is 0. The molecule has 0 radical (unpaired) electrons. The van der Waals surface area contributed by atoms with E-state index in [1.165, 1.54) is 42.5 Å². The van der Waals surface area contributed by atoms with Crippen LogP contribution in [0.15, 0.2) is 59.6 Å². The van der Waals surface area contributed by atoms with Crippen molar-refractivity contribution in [2.45, 2.75) is 4.90 Å². The second-order valence-electron chi connectivity index (χ2n) is 5.10. The van der Waals surface area contributed by atoms with Gasteiger partial charge in [0, 0.05) is 0 Å². The minimum Gasteiger partial charge on any atom is -0.361 e. The molecule has 0 aliphatic carbocycles. The van der Waals surface area contributed by atoms with Crippen molar-refractivity contribution < 1.29 is 18.2 Å². The van der Waals surface area contributed by atoms with Crippen molar-refractivity contribution in [2.24, 2.45) is 0 Å². The Kier molecular flexibility index (Phi) is 5.46. The van der Waals surface area contributed by atoms with E-state index in [1.54, 1.807) is 6.07 Å². The smallest absolute Gasteiger partial charge is 0.345 e. The molecule has 0 fully saturated rings. The molecule has 0 aliphatic heterocycles. The largest absolute Gasteiger partial charge is 0.361 e. The zero-order valence-corrected chi connectivity index (χ0v) is 16.1. The summed E-state index contributed by atoms with van der Waals surface area (Å²) in [6, 6.07) is 13.4. The van der Waals surface area contributed by atoms with Crippen LogP contribution in [0.25, 0.3) is 0 Å². The van der Waals surface area contributed by atoms with Gasteiger partial charge in [-0.15, -0.1) is 0 Å². The summed E-state index contributed by atoms with van der Waals surface area (Å²) < 4.78 is 26.6. The summed E-state index contributed by atoms with van der Waals surface area (Å²) in [4.78, 5) is 19.4. The van der Waals surface area contributed by atoms with Gasteiger partial charge in [0.25, 0.3) is 10.0 Å². The molecule has 0 amide bonds. The van der Waals surface area contributed by atoms with Crippen LogP contribution in [0, 0.1) is 21.4 Å². The van der Waals surface area contributed by atoms with Crippen LogP contribution in [0.5, 0.6) is 5.75 Å². The van der Waals surface area contributed by atoms with Crippen LogP contribution in [0.4, 0.5) is 10.1 Å². The first-order valence-electron chi connectivity index (χ1n) is 7.42. The summed E-state index contributed by atoms with van der Waals surface area (Å²) in [6.07, 6.45) is 0.917. The molecule has 0 aliphatic rings. The van der Waals surface area contributed by atoms with Crippen LogP contribution in [-0.2, 0) is 10.0 Å². The highest BCUT2D eigenvalue weighted by atomic mass is 35.5. The highest BCUT2D eigenvalue weighted by Crippen LogP contribution is 2.34. The molecule has 0 bridgehead atoms. The average Bonchev–Trinajstić information content (AvgIpc) is 3.17. The topological polar surface area (TPSA) is 126 Å². The van der Waals surface area contributed by atoms with E-state index in [-0.39, 0.29) is 31.4 Å². The van der Waals surface area contributed by atoms with Gasteiger partial charge in [0.15, 0.2) is 5.75 Å². The van der Waals surface area contributed by atoms with E-state index in [2.05, 4.69) is 4.98 Å². The lowest BCUT2D eigenvalue weighted by Gasteiger charge is -2.21. The van der Waals surface area contributed by atoms with Crippen LogP contribution in [-0.4, -0.2) is 18.3 Å². The first kappa shape index (κ1) is 19.6. The highest BCUT2D eigenvalue weighted by molar-refractivity contribution is 7.92. The van der Waals surface area contributed by atoms with Gasteiger partial charge in [0.1, 0.15) is 17.8 Å². The summed E-state index contributed by atoms with van der Waals surface area (Å²) in [5.41, 5.74) is -0.0940. The Balaban J connectivity index is 2.14. The van der Waals surface area contributed by atoms with Gasteiger partial charge in [-0.3, -0.25) is 10.1 Å². The molecule has 3 rings (SSSR count). The second kappa shape index (κ2) is 7.81. The number of thiazole rings is 1. The number of aromatic nitrogens is 1. The fraction of sp³-hybridized carbons (Fsp3) is 0. The Morgan fingerprint density at radius 3 is 2.54 bits per heavy atom. The van der Waals surface area contributed by atoms with E-state index >= 15 is 0 Å². The molecule has 1 aromatic heterocycles. The van der Waals surface area contributed by atoms with E-state index in [0.29, 0.717) is 15.8 Å². The quantitative estimate of drug-likeness (QED) is 0.425. The zero-order valence-electron chi connectivity index (χ0n) is 13.7. The average molecular weight is 437 g/mol. The van der Waals surface area contributed by atoms with Crippen molar-refractivity contribution in [2.75, 3.05) is 4.47 Å². The summed E-state index contributed by atoms with van der Waals surface area (Å²) >= 11 is 6.47. The molecule has 142 valence electrons. The molecule has 0 unspecified atom stereocenters. The van der Waals surface area contributed by atoms with Gasteiger partial charge < -0.3 is 4.84 Å². The highest BCUT2D eigenvalue weighted by Gasteiger charge is 2.32. The van der Waals surface area contributed by atoms with Crippen LogP contribution < -0.4 is 9.31 Å². The van der Waals surface area contributed by atoms with Gasteiger partial charge in [0.2, 0.25) is 5.13 Å². The maximum Gasteiger partial charge on any atom is 0.345 e. The minimum atomic E-state index is -4.32. The number of nitrogens with zero attached hydrogens (tertiary/aromatic N) is 4. The minimum absolute atomic E-state index is 0.0576. The maximum absolute atomic E-state index is 13.1. The van der Waals surface area contributed by atoms with Gasteiger partial charge in [-0.05, 0) is 35.6 Å². The monoisotopic (exact) mass is 436 g/mol. The van der Waals surface area contributed by atoms with Gasteiger partial charge in [-0.25, -0.2) is 4.98 Å². The van der Waals surface area contributed by atoms with E-state index < -0.39 is 14.9 Å². The van der Waals surface area contributed by atoms with Crippen LogP contribution in [0.2, 0.25) is 5.02 Å². The SMILES string of the molecule is N#Cc1c(Cl)cccc1ON(c1ncc([N+](=O)[O-])s1)S(=O)(=O)c1ccccc1. The molecule has 9 nitrogen and oxygen atoms in total. The summed E-state index contributed by atoms with van der Waals surface area (Å²) in [5, 5.41) is 19.6. The number of benzene rings is 2. The first-order valence-corrected chi connectivity index (χ1v) is 10.0. The lowest BCUT2D eigenvalue weighted by Crippen LogP contribution is -2.34. The van der Waals surface area contributed by atoms with Crippen LogP contribution >= 0.6 is 22.9 Å². The first-order chi connectivity index (χ1) is 13.3. The zero-order chi connectivity index (χ0) is 20.3. The van der Waals surface area contributed by atoms with Crippen LogP contribution in [0.3, 0.4) is 0 Å². The van der Waals surface area contributed by atoms with Gasteiger partial charge >= 0.3 is 5.00 Å². The van der Waals surface area contributed by atoms with E-state index in [1.807, 2.05) is 6.07 Å². The van der Waals surface area contributed by atoms with Crippen molar-refractivity contribution in [3.05, 3.63) is 75.4 Å². The molecule has 12 heteroatoms. The van der Waals surface area contributed by atoms with Crippen molar-refractivity contribution in [3.8, 4) is 11.8 Å². The Labute approximate surface area is 168 Å². The lowest BCUT2D eigenvalue weighted by atomic mass is 10.2. The standard InChI is InChI=1S/C16H9ClN4O5S2/c17-13-7-4-8-14(12(13)9-18)26-21(16-19-10-15(27-16)20(22)23)28(24,25)11-5-2-1-3-6-11/h1-8,10H. The van der Waals surface area contributed by atoms with Gasteiger partial charge in [-0.1, -0.05) is 40.3 Å². The number of halogens is 1. The van der Waals surface area contributed by atoms with Gasteiger partial charge in [0.05, 0.1) is 14.8 Å². The summed E-state index contributed by atoms with van der Waals surface area (Å²) in [5.74, 6) is -0.146. The molecule has 0 saturated carbocycles. The third kappa shape index (κ3) is 3.74. The molecular formula is C16H9ClN4O5S2. The Bertz CT molecular complexity index is 1180. The predicted octanol–water partition coefficient (Wildman–Crippen LogP) is 3.77. The Morgan fingerprint density at radius 2 is 1.93 bits per heavy atom. The molecule has 0 atom stereocenters. The van der Waals surface area contributed by atoms with Crippen molar-refractivity contribution in [1.82, 2.24) is 4.98 Å². The molecular weight excluding hydrogens is 428 g/mol. The molecule has 0 N–H and O–H groups in total. The third-order valence-electron chi connectivity index (χ3n) is 3.35. The molecule has 28 heavy (non-hydrogen) atoms. The van der Waals surface area contributed by atoms with Crippen LogP contribution in [0.1, 0.15) is 5.56 Å². The number of rotatable bonds is 6. The second-order valence-corrected chi connectivity index (χ2v) is 8.25. The molecule has 0 saturated heterocycles. The normalized spacial score (nSPS) is 10.9. The fourth-order valence-electron chi connectivity index (χ4n) is 2.08. The maximum atomic E-state index is 13.1.